The van der Waals surface area contributed by atoms with E-state index in [-0.39, 0.29) is 16.4 Å². The number of H-pyrrole nitrogens is 1. The number of rotatable bonds is 7. The van der Waals surface area contributed by atoms with Gasteiger partial charge in [-0.15, -0.1) is 0 Å². The van der Waals surface area contributed by atoms with E-state index in [1.165, 1.54) is 31.5 Å². The maximum absolute atomic E-state index is 13.3. The first-order chi connectivity index (χ1) is 13.9. The fraction of sp³-hybridized carbons (Fsp3) is 0.167. The summed E-state index contributed by atoms with van der Waals surface area (Å²) in [6.45, 7) is 0.0975. The molecule has 0 spiro atoms. The van der Waals surface area contributed by atoms with E-state index in [0.717, 1.165) is 4.68 Å². The normalized spacial score (nSPS) is 11.4. The molecule has 0 fully saturated rings. The zero-order valence-corrected chi connectivity index (χ0v) is 16.5. The minimum atomic E-state index is -2.83. The smallest absolute Gasteiger partial charge is 0.299 e. The van der Waals surface area contributed by atoms with E-state index in [9.17, 15) is 13.2 Å². The molecule has 6 nitrogen and oxygen atoms in total. The number of halogens is 4. The van der Waals surface area contributed by atoms with Crippen LogP contribution in [0.25, 0.3) is 0 Å². The molecule has 0 aliphatic carbocycles. The number of nitrogens with one attached hydrogen (secondary N) is 1. The molecule has 152 valence electrons. The van der Waals surface area contributed by atoms with Crippen LogP contribution in [0.15, 0.2) is 41.5 Å². The maximum Gasteiger partial charge on any atom is 0.299 e. The van der Waals surface area contributed by atoms with Gasteiger partial charge in [-0.2, -0.15) is 14.9 Å². The van der Waals surface area contributed by atoms with Crippen molar-refractivity contribution in [1.29, 1.82) is 0 Å². The van der Waals surface area contributed by atoms with E-state index >= 15 is 0 Å². The second-order valence-electron chi connectivity index (χ2n) is 5.68. The Labute approximate surface area is 173 Å². The van der Waals surface area contributed by atoms with Crippen LogP contribution in [-0.2, 0) is 6.61 Å². The average molecular weight is 443 g/mol. The lowest BCUT2D eigenvalue weighted by atomic mass is 10.1. The van der Waals surface area contributed by atoms with Gasteiger partial charge in [-0.3, -0.25) is 0 Å². The van der Waals surface area contributed by atoms with Gasteiger partial charge in [-0.1, -0.05) is 11.6 Å². The lowest BCUT2D eigenvalue weighted by Crippen LogP contribution is -2.02. The van der Waals surface area contributed by atoms with Gasteiger partial charge >= 0.3 is 0 Å². The number of hydrogen-bond donors (Lipinski definition) is 1. The molecule has 0 amide bonds. The number of hydrogen-bond acceptors (Lipinski definition) is 5. The zero-order valence-electron chi connectivity index (χ0n) is 14.9. The van der Waals surface area contributed by atoms with Crippen LogP contribution in [0, 0.1) is 10.6 Å². The fourth-order valence-electron chi connectivity index (χ4n) is 2.40. The van der Waals surface area contributed by atoms with Gasteiger partial charge < -0.3 is 9.47 Å². The number of alkyl halides is 2. The molecule has 0 unspecified atom stereocenters. The second-order valence-corrected chi connectivity index (χ2v) is 6.47. The highest BCUT2D eigenvalue weighted by Crippen LogP contribution is 2.25. The van der Waals surface area contributed by atoms with Crippen molar-refractivity contribution in [3.05, 3.63) is 69.0 Å². The van der Waals surface area contributed by atoms with E-state index in [0.29, 0.717) is 22.6 Å². The highest BCUT2D eigenvalue weighted by Gasteiger charge is 2.16. The van der Waals surface area contributed by atoms with E-state index in [4.69, 9.17) is 33.3 Å². The van der Waals surface area contributed by atoms with Crippen LogP contribution in [0.4, 0.5) is 13.2 Å². The van der Waals surface area contributed by atoms with Crippen molar-refractivity contribution in [2.24, 2.45) is 5.10 Å². The van der Waals surface area contributed by atoms with E-state index in [1.807, 2.05) is 0 Å². The highest BCUT2D eigenvalue weighted by atomic mass is 35.5. The highest BCUT2D eigenvalue weighted by molar-refractivity contribution is 7.71. The first kappa shape index (κ1) is 20.9. The van der Waals surface area contributed by atoms with Crippen molar-refractivity contribution in [1.82, 2.24) is 14.9 Å². The predicted octanol–water partition coefficient (Wildman–Crippen LogP) is 5.14. The molecule has 0 bridgehead atoms. The molecule has 3 aromatic rings. The van der Waals surface area contributed by atoms with Crippen LogP contribution in [0.2, 0.25) is 5.02 Å². The van der Waals surface area contributed by atoms with Crippen LogP contribution in [0.3, 0.4) is 0 Å². The van der Waals surface area contributed by atoms with Crippen molar-refractivity contribution < 1.29 is 22.6 Å². The molecule has 2 aromatic carbocycles. The third kappa shape index (κ3) is 4.96. The lowest BCUT2D eigenvalue weighted by molar-refractivity contribution is 0.136. The summed E-state index contributed by atoms with van der Waals surface area (Å²) in [5.41, 5.74) is 1.24. The summed E-state index contributed by atoms with van der Waals surface area (Å²) >= 11 is 10.7. The number of aromatic nitrogens is 3. The summed E-state index contributed by atoms with van der Waals surface area (Å²) in [5, 5.41) is 9.64. The van der Waals surface area contributed by atoms with Gasteiger partial charge in [0, 0.05) is 11.6 Å². The molecule has 1 N–H and O–H groups in total. The van der Waals surface area contributed by atoms with E-state index in [1.54, 1.807) is 18.2 Å². The molecule has 0 aliphatic heterocycles. The molecule has 29 heavy (non-hydrogen) atoms. The molecule has 0 saturated carbocycles. The Morgan fingerprint density at radius 1 is 1.31 bits per heavy atom. The van der Waals surface area contributed by atoms with Crippen molar-refractivity contribution in [2.45, 2.75) is 13.0 Å². The Morgan fingerprint density at radius 3 is 2.79 bits per heavy atom. The number of nitrogens with zero attached hydrogens (tertiary/aromatic N) is 3. The van der Waals surface area contributed by atoms with Crippen LogP contribution >= 0.6 is 23.8 Å². The summed E-state index contributed by atoms with van der Waals surface area (Å²) in [7, 11) is 1.50. The monoisotopic (exact) mass is 442 g/mol. The Balaban J connectivity index is 1.82. The van der Waals surface area contributed by atoms with Crippen LogP contribution in [-0.4, -0.2) is 28.2 Å². The quantitative estimate of drug-likeness (QED) is 0.406. The first-order valence-electron chi connectivity index (χ1n) is 8.13. The topological polar surface area (TPSA) is 64.4 Å². The Kier molecular flexibility index (Phi) is 6.55. The Bertz CT molecular complexity index is 1100. The number of aromatic amines is 1. The molecular weight excluding hydrogens is 429 g/mol. The van der Waals surface area contributed by atoms with Crippen LogP contribution in [0.1, 0.15) is 23.4 Å². The van der Waals surface area contributed by atoms with Crippen molar-refractivity contribution in [3.8, 4) is 11.5 Å². The molecule has 1 heterocycles. The average Bonchev–Trinajstić information content (AvgIpc) is 3.08. The standard InChI is InChI=1S/C18H14ClF3N4O2S/c1-27-15-5-2-10(8-23-26-17(16(21)22)24-25-18(26)29)6-11(15)9-28-12-3-4-14(20)13(19)7-12/h2-8,16H,9H2,1H3,(H,25,29)/b23-8-. The largest absolute Gasteiger partial charge is 0.496 e. The summed E-state index contributed by atoms with van der Waals surface area (Å²) in [5.74, 6) is -0.209. The fourth-order valence-corrected chi connectivity index (χ4v) is 2.76. The van der Waals surface area contributed by atoms with Crippen molar-refractivity contribution in [3.63, 3.8) is 0 Å². The zero-order chi connectivity index (χ0) is 21.0. The SMILES string of the molecule is COc1ccc(/C=N\n2c(C(F)F)n[nH]c2=S)cc1COc1ccc(F)c(Cl)c1. The van der Waals surface area contributed by atoms with E-state index in [2.05, 4.69) is 15.3 Å². The van der Waals surface area contributed by atoms with Gasteiger partial charge in [0.25, 0.3) is 6.43 Å². The number of methoxy groups -OCH3 is 1. The van der Waals surface area contributed by atoms with Gasteiger partial charge in [0.1, 0.15) is 23.9 Å². The van der Waals surface area contributed by atoms with E-state index < -0.39 is 18.1 Å². The van der Waals surface area contributed by atoms with Crippen LogP contribution in [0.5, 0.6) is 11.5 Å². The predicted molar refractivity (Wildman–Crippen MR) is 104 cm³/mol. The summed E-state index contributed by atoms with van der Waals surface area (Å²) in [6, 6.07) is 9.09. The Hall–Kier alpha value is -2.85. The summed E-state index contributed by atoms with van der Waals surface area (Å²) in [6.07, 6.45) is -1.48. The molecule has 3 rings (SSSR count). The second kappa shape index (κ2) is 9.10. The van der Waals surface area contributed by atoms with Gasteiger partial charge in [0.2, 0.25) is 10.6 Å². The molecule has 0 atom stereocenters. The number of benzene rings is 2. The number of ether oxygens (including phenoxy) is 2. The third-order valence-electron chi connectivity index (χ3n) is 3.78. The summed E-state index contributed by atoms with van der Waals surface area (Å²) < 4.78 is 50.9. The molecular formula is C18H14ClF3N4O2S. The molecule has 11 heteroatoms. The maximum atomic E-state index is 13.3. The third-order valence-corrected chi connectivity index (χ3v) is 4.34. The molecule has 0 saturated heterocycles. The molecule has 0 aliphatic rings. The lowest BCUT2D eigenvalue weighted by Gasteiger charge is -2.11. The minimum Gasteiger partial charge on any atom is -0.496 e. The molecule has 1 aromatic heterocycles. The van der Waals surface area contributed by atoms with Crippen LogP contribution < -0.4 is 9.47 Å². The summed E-state index contributed by atoms with van der Waals surface area (Å²) in [4.78, 5) is 0. The van der Waals surface area contributed by atoms with Gasteiger partial charge in [0.15, 0.2) is 0 Å². The van der Waals surface area contributed by atoms with Gasteiger partial charge in [-0.25, -0.2) is 18.3 Å². The minimum absolute atomic E-state index is 0.0537. The van der Waals surface area contributed by atoms with Crippen molar-refractivity contribution >= 4 is 30.0 Å². The van der Waals surface area contributed by atoms with Gasteiger partial charge in [-0.05, 0) is 48.1 Å². The van der Waals surface area contributed by atoms with Gasteiger partial charge in [0.05, 0.1) is 18.3 Å². The molecule has 0 radical (unpaired) electrons. The Morgan fingerprint density at radius 2 is 2.10 bits per heavy atom. The first-order valence-corrected chi connectivity index (χ1v) is 8.92. The van der Waals surface area contributed by atoms with Crippen molar-refractivity contribution in [2.75, 3.05) is 7.11 Å².